The molecule has 0 spiro atoms. The summed E-state index contributed by atoms with van der Waals surface area (Å²) < 4.78 is 5.10. The zero-order valence-electron chi connectivity index (χ0n) is 14.8. The van der Waals surface area contributed by atoms with Gasteiger partial charge in [0.25, 0.3) is 5.91 Å². The van der Waals surface area contributed by atoms with Gasteiger partial charge in [0.15, 0.2) is 5.78 Å². The number of amides is 2. The number of nitrogens with one attached hydrogen (secondary N) is 2. The zero-order chi connectivity index (χ0) is 19.1. The van der Waals surface area contributed by atoms with E-state index in [1.54, 1.807) is 62.6 Å². The van der Waals surface area contributed by atoms with Gasteiger partial charge in [0.05, 0.1) is 7.11 Å². The van der Waals surface area contributed by atoms with E-state index in [2.05, 4.69) is 10.6 Å². The fraction of sp³-hybridized carbons (Fsp3) is 0.150. The Balaban J connectivity index is 1.99. The Bertz CT molecular complexity index is 854. The molecule has 0 fully saturated rings. The van der Waals surface area contributed by atoms with E-state index in [0.717, 1.165) is 0 Å². The molecule has 0 aliphatic rings. The van der Waals surface area contributed by atoms with Gasteiger partial charge in [-0.25, -0.2) is 0 Å². The molecule has 2 rings (SSSR count). The van der Waals surface area contributed by atoms with Crippen LogP contribution in [0.2, 0.25) is 0 Å². The second-order valence-corrected chi connectivity index (χ2v) is 5.64. The molecule has 26 heavy (non-hydrogen) atoms. The third-order valence-corrected chi connectivity index (χ3v) is 3.59. The number of Topliss-reactive ketones (excluding diaryl/α,β-unsaturated/α-hetero) is 1. The molecule has 134 valence electrons. The summed E-state index contributed by atoms with van der Waals surface area (Å²) in [5, 5.41) is 5.35. The van der Waals surface area contributed by atoms with Crippen LogP contribution in [0.5, 0.6) is 5.75 Å². The highest BCUT2D eigenvalue weighted by molar-refractivity contribution is 6.10. The lowest BCUT2D eigenvalue weighted by molar-refractivity contribution is -0.114. The molecule has 0 saturated heterocycles. The molecular weight excluding hydrogens is 332 g/mol. The lowest BCUT2D eigenvalue weighted by Gasteiger charge is -2.08. The number of ketones is 1. The number of carbonyl (C=O) groups excluding carboxylic acids is 3. The molecule has 2 amide bonds. The van der Waals surface area contributed by atoms with Crippen molar-refractivity contribution in [3.63, 3.8) is 0 Å². The van der Waals surface area contributed by atoms with Crippen molar-refractivity contribution in [2.75, 3.05) is 17.7 Å². The van der Waals surface area contributed by atoms with Gasteiger partial charge in [0.1, 0.15) is 5.75 Å². The minimum atomic E-state index is -0.432. The van der Waals surface area contributed by atoms with Crippen molar-refractivity contribution in [1.82, 2.24) is 0 Å². The molecule has 2 N–H and O–H groups in total. The second-order valence-electron chi connectivity index (χ2n) is 5.64. The first-order valence-corrected chi connectivity index (χ1v) is 7.94. The SMILES string of the molecule is COc1cccc(NC(=O)/C(C)=C\C(=O)Nc2ccc(C(C)=O)cc2)c1. The minimum Gasteiger partial charge on any atom is -0.497 e. The number of hydrogen-bond donors (Lipinski definition) is 2. The smallest absolute Gasteiger partial charge is 0.251 e. The Morgan fingerprint density at radius 2 is 1.62 bits per heavy atom. The van der Waals surface area contributed by atoms with E-state index in [0.29, 0.717) is 22.7 Å². The maximum Gasteiger partial charge on any atom is 0.251 e. The Labute approximate surface area is 151 Å². The first-order valence-electron chi connectivity index (χ1n) is 7.94. The van der Waals surface area contributed by atoms with Crippen LogP contribution in [0.25, 0.3) is 0 Å². The maximum atomic E-state index is 12.2. The van der Waals surface area contributed by atoms with E-state index in [4.69, 9.17) is 4.74 Å². The van der Waals surface area contributed by atoms with Gasteiger partial charge in [-0.3, -0.25) is 14.4 Å². The summed E-state index contributed by atoms with van der Waals surface area (Å²) in [6.45, 7) is 3.02. The van der Waals surface area contributed by atoms with E-state index in [1.807, 2.05) is 0 Å². The fourth-order valence-electron chi connectivity index (χ4n) is 2.16. The Morgan fingerprint density at radius 1 is 0.923 bits per heavy atom. The molecule has 0 heterocycles. The second kappa shape index (κ2) is 8.62. The van der Waals surface area contributed by atoms with Gasteiger partial charge in [-0.05, 0) is 50.2 Å². The van der Waals surface area contributed by atoms with Crippen LogP contribution < -0.4 is 15.4 Å². The van der Waals surface area contributed by atoms with Gasteiger partial charge in [0, 0.05) is 34.7 Å². The number of rotatable bonds is 6. The van der Waals surface area contributed by atoms with Crippen molar-refractivity contribution >= 4 is 29.0 Å². The van der Waals surface area contributed by atoms with Gasteiger partial charge in [0.2, 0.25) is 5.91 Å². The highest BCUT2D eigenvalue weighted by Crippen LogP contribution is 2.17. The average molecular weight is 352 g/mol. The van der Waals surface area contributed by atoms with Crippen LogP contribution in [0.4, 0.5) is 11.4 Å². The van der Waals surface area contributed by atoms with E-state index >= 15 is 0 Å². The molecular formula is C20H20N2O4. The van der Waals surface area contributed by atoms with Gasteiger partial charge in [-0.2, -0.15) is 0 Å². The van der Waals surface area contributed by atoms with Crippen LogP contribution in [-0.4, -0.2) is 24.7 Å². The quantitative estimate of drug-likeness (QED) is 0.616. The molecule has 6 nitrogen and oxygen atoms in total. The maximum absolute atomic E-state index is 12.2. The van der Waals surface area contributed by atoms with Crippen molar-refractivity contribution in [1.29, 1.82) is 0 Å². The standard InChI is InChI=1S/C20H20N2O4/c1-13(20(25)22-17-5-4-6-18(12-17)26-3)11-19(24)21-16-9-7-15(8-10-16)14(2)23/h4-12H,1-3H3,(H,21,24)(H,22,25)/b13-11-. The summed E-state index contributed by atoms with van der Waals surface area (Å²) in [4.78, 5) is 35.5. The van der Waals surface area contributed by atoms with E-state index in [9.17, 15) is 14.4 Å². The van der Waals surface area contributed by atoms with E-state index < -0.39 is 5.91 Å². The number of methoxy groups -OCH3 is 1. The Kier molecular flexibility index (Phi) is 6.27. The van der Waals surface area contributed by atoms with Crippen molar-refractivity contribution in [3.05, 3.63) is 65.7 Å². The molecule has 0 unspecified atom stereocenters. The first-order chi connectivity index (χ1) is 12.4. The summed E-state index contributed by atoms with van der Waals surface area (Å²) in [6, 6.07) is 13.5. The van der Waals surface area contributed by atoms with Crippen molar-refractivity contribution in [2.45, 2.75) is 13.8 Å². The van der Waals surface area contributed by atoms with Crippen molar-refractivity contribution < 1.29 is 19.1 Å². The van der Waals surface area contributed by atoms with Crippen LogP contribution in [0.3, 0.4) is 0 Å². The molecule has 0 aliphatic carbocycles. The summed E-state index contributed by atoms with van der Waals surface area (Å²) in [5.74, 6) is -0.247. The van der Waals surface area contributed by atoms with E-state index in [1.165, 1.54) is 13.0 Å². The summed E-state index contributed by atoms with van der Waals surface area (Å²) in [6.07, 6.45) is 1.22. The summed E-state index contributed by atoms with van der Waals surface area (Å²) >= 11 is 0. The number of ether oxygens (including phenoxy) is 1. The van der Waals surface area contributed by atoms with Gasteiger partial charge >= 0.3 is 0 Å². The van der Waals surface area contributed by atoms with Crippen LogP contribution in [-0.2, 0) is 9.59 Å². The largest absolute Gasteiger partial charge is 0.497 e. The third kappa shape index (κ3) is 5.31. The molecule has 0 aliphatic heterocycles. The molecule has 6 heteroatoms. The lowest BCUT2D eigenvalue weighted by atomic mass is 10.1. The molecule has 2 aromatic rings. The predicted molar refractivity (Wildman–Crippen MR) is 100 cm³/mol. The van der Waals surface area contributed by atoms with Crippen LogP contribution in [0.15, 0.2) is 60.2 Å². The number of anilines is 2. The number of benzene rings is 2. The number of hydrogen-bond acceptors (Lipinski definition) is 4. The normalized spacial score (nSPS) is 10.8. The van der Waals surface area contributed by atoms with Gasteiger partial charge < -0.3 is 15.4 Å². The predicted octanol–water partition coefficient (Wildman–Crippen LogP) is 3.42. The molecule has 2 aromatic carbocycles. The van der Waals surface area contributed by atoms with Crippen LogP contribution >= 0.6 is 0 Å². The highest BCUT2D eigenvalue weighted by Gasteiger charge is 2.08. The fourth-order valence-corrected chi connectivity index (χ4v) is 2.16. The number of carbonyl (C=O) groups is 3. The third-order valence-electron chi connectivity index (χ3n) is 3.59. The molecule has 0 aromatic heterocycles. The van der Waals surface area contributed by atoms with Gasteiger partial charge in [-0.15, -0.1) is 0 Å². The Hall–Kier alpha value is -3.41. The van der Waals surface area contributed by atoms with Crippen LogP contribution in [0, 0.1) is 0 Å². The zero-order valence-corrected chi connectivity index (χ0v) is 14.8. The van der Waals surface area contributed by atoms with Crippen molar-refractivity contribution in [3.8, 4) is 5.75 Å². The topological polar surface area (TPSA) is 84.5 Å². The first kappa shape index (κ1) is 18.9. The average Bonchev–Trinajstić information content (AvgIpc) is 2.62. The Morgan fingerprint density at radius 3 is 2.23 bits per heavy atom. The molecule has 0 atom stereocenters. The van der Waals surface area contributed by atoms with Crippen molar-refractivity contribution in [2.24, 2.45) is 0 Å². The highest BCUT2D eigenvalue weighted by atomic mass is 16.5. The molecule has 0 bridgehead atoms. The monoisotopic (exact) mass is 352 g/mol. The molecule has 0 radical (unpaired) electrons. The summed E-state index contributed by atoms with van der Waals surface area (Å²) in [7, 11) is 1.54. The molecule has 0 saturated carbocycles. The summed E-state index contributed by atoms with van der Waals surface area (Å²) in [5.41, 5.74) is 1.93. The van der Waals surface area contributed by atoms with E-state index in [-0.39, 0.29) is 17.3 Å². The lowest BCUT2D eigenvalue weighted by Crippen LogP contribution is -2.16. The minimum absolute atomic E-state index is 0.0483. The van der Waals surface area contributed by atoms with Gasteiger partial charge in [-0.1, -0.05) is 6.07 Å². The van der Waals surface area contributed by atoms with Crippen LogP contribution in [0.1, 0.15) is 24.2 Å².